The van der Waals surface area contributed by atoms with E-state index in [1.54, 1.807) is 0 Å². The first kappa shape index (κ1) is 20.2. The molecule has 1 atom stereocenters. The number of ether oxygens (including phenoxy) is 1. The van der Waals surface area contributed by atoms with E-state index >= 15 is 0 Å². The second-order valence-electron chi connectivity index (χ2n) is 5.25. The molecule has 2 aromatic rings. The minimum absolute atomic E-state index is 0.250. The van der Waals surface area contributed by atoms with Crippen molar-refractivity contribution in [2.24, 2.45) is 0 Å². The van der Waals surface area contributed by atoms with Gasteiger partial charge in [-0.1, -0.05) is 48.0 Å². The van der Waals surface area contributed by atoms with Gasteiger partial charge in [0.2, 0.25) is 0 Å². The number of hydrogen-bond donors (Lipinski definition) is 2. The van der Waals surface area contributed by atoms with Crippen molar-refractivity contribution in [1.82, 2.24) is 5.32 Å². The summed E-state index contributed by atoms with van der Waals surface area (Å²) in [5.74, 6) is 0. The van der Waals surface area contributed by atoms with Gasteiger partial charge in [0.25, 0.3) is 0 Å². The lowest BCUT2D eigenvalue weighted by Crippen LogP contribution is -2.33. The number of nitrogens with one attached hydrogen (secondary N) is 1. The van der Waals surface area contributed by atoms with E-state index in [0.717, 1.165) is 31.6 Å². The number of aryl methyl sites for hydroxylation is 1. The normalized spacial score (nSPS) is 16.0. The van der Waals surface area contributed by atoms with E-state index in [2.05, 4.69) is 37.0 Å². The molecule has 0 bridgehead atoms. The first-order valence-corrected chi connectivity index (χ1v) is 8.14. The Bertz CT molecular complexity index is 560. The molecule has 3 rings (SSSR count). The summed E-state index contributed by atoms with van der Waals surface area (Å²) in [7, 11) is 0.889. The van der Waals surface area contributed by atoms with Crippen LogP contribution in [0.5, 0.6) is 0 Å². The average Bonchev–Trinajstić information content (AvgIpc) is 2.59. The first-order valence-electron chi connectivity index (χ1n) is 7.70. The van der Waals surface area contributed by atoms with Crippen molar-refractivity contribution < 1.29 is 9.66 Å². The molecule has 5 nitrogen and oxygen atoms in total. The molecular weight excluding hydrogens is 324 g/mol. The van der Waals surface area contributed by atoms with Gasteiger partial charge in [-0.05, 0) is 24.6 Å². The molecule has 0 aromatic heterocycles. The molecular formula is C18H24N2O3S. The number of hydrogen-bond acceptors (Lipinski definition) is 5. The lowest BCUT2D eigenvalue weighted by atomic mass is 10.1. The number of nitro groups is 1. The van der Waals surface area contributed by atoms with Crippen LogP contribution in [0.25, 0.3) is 0 Å². The van der Waals surface area contributed by atoms with Crippen LogP contribution < -0.4 is 5.32 Å². The van der Waals surface area contributed by atoms with Crippen molar-refractivity contribution in [1.29, 1.82) is 0 Å². The Morgan fingerprint density at radius 1 is 1.17 bits per heavy atom. The molecule has 0 radical (unpaired) electrons. The molecule has 1 aliphatic rings. The zero-order valence-corrected chi connectivity index (χ0v) is 14.9. The fourth-order valence-electron chi connectivity index (χ4n) is 1.99. The summed E-state index contributed by atoms with van der Waals surface area (Å²) in [5, 5.41) is 12.1. The molecule has 0 aliphatic carbocycles. The number of morpholine rings is 1. The third-order valence-corrected chi connectivity index (χ3v) is 3.43. The van der Waals surface area contributed by atoms with Gasteiger partial charge in [0.05, 0.1) is 12.7 Å². The summed E-state index contributed by atoms with van der Waals surface area (Å²) in [4.78, 5) is 9.33. The predicted molar refractivity (Wildman–Crippen MR) is 99.4 cm³/mol. The lowest BCUT2D eigenvalue weighted by Gasteiger charge is -2.23. The van der Waals surface area contributed by atoms with Crippen molar-refractivity contribution in [2.45, 2.75) is 17.9 Å². The average molecular weight is 348 g/mol. The van der Waals surface area contributed by atoms with Crippen LogP contribution in [0.15, 0.2) is 59.5 Å². The van der Waals surface area contributed by atoms with E-state index < -0.39 is 4.92 Å². The molecule has 0 spiro atoms. The lowest BCUT2D eigenvalue weighted by molar-refractivity contribution is -0.445. The summed E-state index contributed by atoms with van der Waals surface area (Å²) in [6, 6.07) is 18.4. The molecule has 1 N–H and O–H groups in total. The van der Waals surface area contributed by atoms with Gasteiger partial charge in [-0.2, -0.15) is 0 Å². The monoisotopic (exact) mass is 348 g/mol. The zero-order chi connectivity index (χ0) is 17.8. The molecule has 6 heteroatoms. The van der Waals surface area contributed by atoms with Crippen LogP contribution in [0.1, 0.15) is 17.2 Å². The maximum Gasteiger partial charge on any atom is 0.194 e. The Kier molecular flexibility index (Phi) is 9.76. The van der Waals surface area contributed by atoms with Crippen molar-refractivity contribution in [3.05, 3.63) is 75.8 Å². The summed E-state index contributed by atoms with van der Waals surface area (Å²) in [5.41, 5.74) is 2.55. The van der Waals surface area contributed by atoms with Gasteiger partial charge in [-0.25, -0.2) is 0 Å². The Morgan fingerprint density at radius 2 is 1.75 bits per heavy atom. The van der Waals surface area contributed by atoms with E-state index in [-0.39, 0.29) is 6.10 Å². The third-order valence-electron chi connectivity index (χ3n) is 3.13. The van der Waals surface area contributed by atoms with Crippen molar-refractivity contribution >= 4 is 12.6 Å². The fraction of sp³-hybridized carbons (Fsp3) is 0.333. The molecule has 1 unspecified atom stereocenters. The summed E-state index contributed by atoms with van der Waals surface area (Å²) in [6.45, 7) is 4.79. The second-order valence-corrected chi connectivity index (χ2v) is 5.77. The first-order chi connectivity index (χ1) is 11.5. The topological polar surface area (TPSA) is 64.4 Å². The van der Waals surface area contributed by atoms with Gasteiger partial charge in [0.1, 0.15) is 0 Å². The van der Waals surface area contributed by atoms with E-state index in [0.29, 0.717) is 0 Å². The number of rotatable bonds is 1. The molecule has 1 aliphatic heterocycles. The van der Waals surface area contributed by atoms with Gasteiger partial charge in [-0.15, -0.1) is 12.6 Å². The van der Waals surface area contributed by atoms with E-state index in [9.17, 15) is 0 Å². The van der Waals surface area contributed by atoms with Crippen molar-refractivity contribution in [3.8, 4) is 0 Å². The van der Waals surface area contributed by atoms with Crippen LogP contribution in [0.4, 0.5) is 0 Å². The van der Waals surface area contributed by atoms with Crippen LogP contribution in [-0.2, 0) is 4.74 Å². The highest BCUT2D eigenvalue weighted by Crippen LogP contribution is 2.17. The van der Waals surface area contributed by atoms with Gasteiger partial charge in [0, 0.05) is 22.9 Å². The molecule has 2 aromatic carbocycles. The zero-order valence-electron chi connectivity index (χ0n) is 14.0. The summed E-state index contributed by atoms with van der Waals surface area (Å²) in [6.07, 6.45) is 0.250. The number of thiol groups is 1. The van der Waals surface area contributed by atoms with Crippen LogP contribution in [0.3, 0.4) is 0 Å². The van der Waals surface area contributed by atoms with E-state index in [4.69, 9.17) is 14.9 Å². The van der Waals surface area contributed by atoms with Gasteiger partial charge in [-0.3, -0.25) is 10.1 Å². The molecule has 130 valence electrons. The Balaban J connectivity index is 0.000000208. The molecule has 1 saturated heterocycles. The molecule has 24 heavy (non-hydrogen) atoms. The van der Waals surface area contributed by atoms with Crippen LogP contribution >= 0.6 is 12.6 Å². The summed E-state index contributed by atoms with van der Waals surface area (Å²) >= 11 is 4.13. The summed E-state index contributed by atoms with van der Waals surface area (Å²) < 4.78 is 5.60. The van der Waals surface area contributed by atoms with Crippen LogP contribution in [-0.4, -0.2) is 31.7 Å². The highest BCUT2D eigenvalue weighted by Gasteiger charge is 2.14. The van der Waals surface area contributed by atoms with Crippen LogP contribution in [0.2, 0.25) is 0 Å². The maximum absolute atomic E-state index is 8.81. The van der Waals surface area contributed by atoms with Crippen molar-refractivity contribution in [2.75, 3.05) is 26.7 Å². The Labute approximate surface area is 148 Å². The van der Waals surface area contributed by atoms with Crippen LogP contribution in [0, 0.1) is 17.0 Å². The van der Waals surface area contributed by atoms with Gasteiger partial charge < -0.3 is 10.1 Å². The van der Waals surface area contributed by atoms with Crippen molar-refractivity contribution in [3.63, 3.8) is 0 Å². The predicted octanol–water partition coefficient (Wildman–Crippen LogP) is 3.52. The molecule has 1 heterocycles. The van der Waals surface area contributed by atoms with E-state index in [1.807, 2.05) is 42.5 Å². The molecule has 0 saturated carbocycles. The molecule has 1 fully saturated rings. The Hall–Kier alpha value is -1.89. The van der Waals surface area contributed by atoms with Gasteiger partial charge >= 0.3 is 0 Å². The molecule has 0 amide bonds. The minimum Gasteiger partial charge on any atom is -0.371 e. The number of benzene rings is 2. The quantitative estimate of drug-likeness (QED) is 0.470. The fourth-order valence-corrected chi connectivity index (χ4v) is 2.14. The number of nitrogens with zero attached hydrogens (tertiary/aromatic N) is 1. The largest absolute Gasteiger partial charge is 0.371 e. The standard InChI is InChI=1S/C10H13NO.C7H8S.CH3NO2/c1-2-4-9(5-3-1)10-8-11-6-7-12-10;1-6-2-4-7(8)5-3-6;1-2(3)4/h1-5,10-11H,6-8H2;2-5,8H,1H3;1H3. The Morgan fingerprint density at radius 3 is 2.21 bits per heavy atom. The van der Waals surface area contributed by atoms with Gasteiger partial charge in [0.15, 0.2) is 7.05 Å². The highest BCUT2D eigenvalue weighted by molar-refractivity contribution is 7.80. The smallest absolute Gasteiger partial charge is 0.194 e. The van der Waals surface area contributed by atoms with E-state index in [1.165, 1.54) is 11.1 Å². The SMILES string of the molecule is C[N+](=O)[O-].Cc1ccc(S)cc1.c1ccc(C2CNCCO2)cc1. The maximum atomic E-state index is 8.81. The second kappa shape index (κ2) is 11.6. The minimum atomic E-state index is -0.500. The third kappa shape index (κ3) is 9.29. The highest BCUT2D eigenvalue weighted by atomic mass is 32.1.